The zero-order chi connectivity index (χ0) is 19.7. The van der Waals surface area contributed by atoms with Gasteiger partial charge in [0.1, 0.15) is 23.8 Å². The normalized spacial score (nSPS) is 11.1. The van der Waals surface area contributed by atoms with Gasteiger partial charge in [0.05, 0.1) is 17.5 Å². The Balaban J connectivity index is 1.80. The lowest BCUT2D eigenvalue weighted by Crippen LogP contribution is -2.03. The van der Waals surface area contributed by atoms with Crippen LogP contribution in [0.3, 0.4) is 0 Å². The number of rotatable bonds is 5. The van der Waals surface area contributed by atoms with Crippen LogP contribution in [-0.2, 0) is 13.0 Å². The SMILES string of the molecule is CCc1ccccc1OCc1cc2ccoc2c(-c2ccnc(C)c2F)c1F. The van der Waals surface area contributed by atoms with E-state index >= 15 is 4.39 Å². The first-order valence-corrected chi connectivity index (χ1v) is 9.11. The van der Waals surface area contributed by atoms with E-state index in [0.29, 0.717) is 22.3 Å². The predicted molar refractivity (Wildman–Crippen MR) is 104 cm³/mol. The van der Waals surface area contributed by atoms with Crippen molar-refractivity contribution in [3.8, 4) is 16.9 Å². The number of halogens is 2. The Hall–Kier alpha value is -3.21. The van der Waals surface area contributed by atoms with Crippen LogP contribution in [0.25, 0.3) is 22.1 Å². The van der Waals surface area contributed by atoms with Gasteiger partial charge in [-0.1, -0.05) is 25.1 Å². The van der Waals surface area contributed by atoms with Crippen molar-refractivity contribution >= 4 is 11.0 Å². The van der Waals surface area contributed by atoms with Crippen LogP contribution in [0.4, 0.5) is 8.78 Å². The Kier molecular flexibility index (Phi) is 4.82. The molecule has 0 N–H and O–H groups in total. The lowest BCUT2D eigenvalue weighted by molar-refractivity contribution is 0.297. The van der Waals surface area contributed by atoms with Crippen molar-refractivity contribution in [2.24, 2.45) is 0 Å². The first kappa shape index (κ1) is 18.2. The van der Waals surface area contributed by atoms with Crippen LogP contribution in [-0.4, -0.2) is 4.98 Å². The number of benzene rings is 2. The molecular weight excluding hydrogens is 360 g/mol. The van der Waals surface area contributed by atoms with E-state index in [1.807, 2.05) is 31.2 Å². The molecule has 4 rings (SSSR count). The van der Waals surface area contributed by atoms with E-state index in [1.165, 1.54) is 18.5 Å². The molecule has 0 unspecified atom stereocenters. The predicted octanol–water partition coefficient (Wildman–Crippen LogP) is 6.22. The maximum Gasteiger partial charge on any atom is 0.152 e. The Morgan fingerprint density at radius 3 is 2.68 bits per heavy atom. The molecule has 0 aliphatic carbocycles. The number of fused-ring (bicyclic) bond motifs is 1. The number of nitrogens with zero attached hydrogens (tertiary/aromatic N) is 1. The van der Waals surface area contributed by atoms with Gasteiger partial charge in [-0.05, 0) is 43.2 Å². The summed E-state index contributed by atoms with van der Waals surface area (Å²) in [7, 11) is 0. The summed E-state index contributed by atoms with van der Waals surface area (Å²) in [6.45, 7) is 3.61. The van der Waals surface area contributed by atoms with Gasteiger partial charge in [-0.25, -0.2) is 8.78 Å². The lowest BCUT2D eigenvalue weighted by Gasteiger charge is -2.14. The molecule has 0 fully saturated rings. The minimum atomic E-state index is -0.562. The van der Waals surface area contributed by atoms with Crippen LogP contribution >= 0.6 is 0 Å². The van der Waals surface area contributed by atoms with Gasteiger partial charge in [-0.15, -0.1) is 0 Å². The van der Waals surface area contributed by atoms with Crippen LogP contribution < -0.4 is 4.74 Å². The lowest BCUT2D eigenvalue weighted by atomic mass is 9.99. The van der Waals surface area contributed by atoms with Crippen molar-refractivity contribution in [3.63, 3.8) is 0 Å². The van der Waals surface area contributed by atoms with Gasteiger partial charge in [-0.2, -0.15) is 0 Å². The third kappa shape index (κ3) is 3.13. The summed E-state index contributed by atoms with van der Waals surface area (Å²) in [5.74, 6) is -0.404. The molecule has 142 valence electrons. The van der Waals surface area contributed by atoms with Crippen molar-refractivity contribution in [2.75, 3.05) is 0 Å². The van der Waals surface area contributed by atoms with Crippen LogP contribution in [0.15, 0.2) is 59.3 Å². The van der Waals surface area contributed by atoms with E-state index < -0.39 is 11.6 Å². The number of furan rings is 1. The largest absolute Gasteiger partial charge is 0.489 e. The molecule has 0 radical (unpaired) electrons. The average Bonchev–Trinajstić information content (AvgIpc) is 3.17. The molecule has 0 spiro atoms. The van der Waals surface area contributed by atoms with Gasteiger partial charge < -0.3 is 9.15 Å². The Labute approximate surface area is 161 Å². The van der Waals surface area contributed by atoms with Gasteiger partial charge in [0.25, 0.3) is 0 Å². The van der Waals surface area contributed by atoms with Crippen molar-refractivity contribution in [2.45, 2.75) is 26.9 Å². The third-order valence-electron chi connectivity index (χ3n) is 4.82. The highest BCUT2D eigenvalue weighted by molar-refractivity contribution is 5.93. The summed E-state index contributed by atoms with van der Waals surface area (Å²) in [6, 6.07) is 12.5. The van der Waals surface area contributed by atoms with Crippen molar-refractivity contribution < 1.29 is 17.9 Å². The molecule has 3 nitrogen and oxygen atoms in total. The summed E-state index contributed by atoms with van der Waals surface area (Å²) < 4.78 is 41.5. The van der Waals surface area contributed by atoms with Crippen LogP contribution in [0.1, 0.15) is 23.7 Å². The van der Waals surface area contributed by atoms with Crippen LogP contribution in [0, 0.1) is 18.6 Å². The number of ether oxygens (including phenoxy) is 1. The molecule has 0 aliphatic rings. The van der Waals surface area contributed by atoms with Crippen LogP contribution in [0.2, 0.25) is 0 Å². The highest BCUT2D eigenvalue weighted by Gasteiger charge is 2.21. The zero-order valence-electron chi connectivity index (χ0n) is 15.6. The van der Waals surface area contributed by atoms with Crippen LogP contribution in [0.5, 0.6) is 5.75 Å². The summed E-state index contributed by atoms with van der Waals surface area (Å²) in [4.78, 5) is 3.93. The number of hydrogen-bond donors (Lipinski definition) is 0. The monoisotopic (exact) mass is 379 g/mol. The smallest absolute Gasteiger partial charge is 0.152 e. The molecular formula is C23H19F2NO2. The fourth-order valence-electron chi connectivity index (χ4n) is 3.33. The first-order chi connectivity index (χ1) is 13.6. The van der Waals surface area contributed by atoms with E-state index in [1.54, 1.807) is 19.1 Å². The standard InChI is InChI=1S/C23H19F2NO2/c1-3-15-6-4-5-7-19(15)28-13-17-12-16-9-11-27-23(16)20(22(17)25)18-8-10-26-14(2)21(18)24/h4-12H,3,13H2,1-2H3. The molecule has 0 bridgehead atoms. The fourth-order valence-corrected chi connectivity index (χ4v) is 3.33. The molecule has 4 aromatic rings. The number of pyridine rings is 1. The molecule has 5 heteroatoms. The molecule has 0 atom stereocenters. The van der Waals surface area contributed by atoms with Gasteiger partial charge in [0.15, 0.2) is 5.82 Å². The van der Waals surface area contributed by atoms with E-state index in [4.69, 9.17) is 9.15 Å². The number of para-hydroxylation sites is 1. The zero-order valence-corrected chi connectivity index (χ0v) is 15.6. The number of aromatic nitrogens is 1. The second-order valence-electron chi connectivity index (χ2n) is 6.57. The Bertz CT molecular complexity index is 1150. The van der Waals surface area contributed by atoms with Crippen molar-refractivity contribution in [1.82, 2.24) is 4.98 Å². The second kappa shape index (κ2) is 7.43. The number of aryl methyl sites for hydroxylation is 2. The van der Waals surface area contributed by atoms with Gasteiger partial charge in [0.2, 0.25) is 0 Å². The van der Waals surface area contributed by atoms with E-state index in [-0.39, 0.29) is 23.4 Å². The topological polar surface area (TPSA) is 35.3 Å². The van der Waals surface area contributed by atoms with E-state index in [9.17, 15) is 4.39 Å². The molecule has 28 heavy (non-hydrogen) atoms. The third-order valence-corrected chi connectivity index (χ3v) is 4.82. The minimum Gasteiger partial charge on any atom is -0.489 e. The maximum absolute atomic E-state index is 15.4. The van der Waals surface area contributed by atoms with Gasteiger partial charge in [0, 0.05) is 22.7 Å². The Morgan fingerprint density at radius 2 is 1.86 bits per heavy atom. The van der Waals surface area contributed by atoms with Gasteiger partial charge >= 0.3 is 0 Å². The average molecular weight is 379 g/mol. The highest BCUT2D eigenvalue weighted by Crippen LogP contribution is 2.36. The van der Waals surface area contributed by atoms with E-state index in [0.717, 1.165) is 12.0 Å². The molecule has 0 saturated heterocycles. The van der Waals surface area contributed by atoms with Gasteiger partial charge in [-0.3, -0.25) is 4.98 Å². The molecule has 2 aromatic carbocycles. The summed E-state index contributed by atoms with van der Waals surface area (Å²) in [6.07, 6.45) is 3.74. The summed E-state index contributed by atoms with van der Waals surface area (Å²) in [5, 5.41) is 0.688. The fraction of sp³-hybridized carbons (Fsp3) is 0.174. The van der Waals surface area contributed by atoms with E-state index in [2.05, 4.69) is 4.98 Å². The van der Waals surface area contributed by atoms with Crippen molar-refractivity contribution in [3.05, 3.63) is 83.4 Å². The highest BCUT2D eigenvalue weighted by atomic mass is 19.1. The van der Waals surface area contributed by atoms with Crippen molar-refractivity contribution in [1.29, 1.82) is 0 Å². The first-order valence-electron chi connectivity index (χ1n) is 9.11. The maximum atomic E-state index is 15.4. The molecule has 0 saturated carbocycles. The quantitative estimate of drug-likeness (QED) is 0.413. The molecule has 2 aromatic heterocycles. The molecule has 0 aliphatic heterocycles. The molecule has 0 amide bonds. The summed E-state index contributed by atoms with van der Waals surface area (Å²) in [5.41, 5.74) is 2.11. The minimum absolute atomic E-state index is 0.0304. The second-order valence-corrected chi connectivity index (χ2v) is 6.57. The molecule has 2 heterocycles. The summed E-state index contributed by atoms with van der Waals surface area (Å²) >= 11 is 0. The Morgan fingerprint density at radius 1 is 1.04 bits per heavy atom. The number of hydrogen-bond acceptors (Lipinski definition) is 3.